The number of nitrogen functional groups attached to an aromatic ring is 1. The number of aromatic nitrogens is 1. The number of anilines is 2. The molecule has 1 unspecified atom stereocenters. The van der Waals surface area contributed by atoms with Gasteiger partial charge in [0.05, 0.1) is 11.9 Å². The van der Waals surface area contributed by atoms with Crippen molar-refractivity contribution in [1.82, 2.24) is 4.98 Å². The summed E-state index contributed by atoms with van der Waals surface area (Å²) >= 11 is 0. The Labute approximate surface area is 115 Å². The van der Waals surface area contributed by atoms with Gasteiger partial charge in [-0.15, -0.1) is 0 Å². The molecule has 3 N–H and O–H groups in total. The standard InChI is InChI=1S/C13H22N4OS/c1-10(2)19(15,18)12-5-7-17(8-6-12)11-3-4-13(14)16-9-11/h3-4,9-10,12,15H,5-8H2,1-2H3,(H2,14,16). The van der Waals surface area contributed by atoms with Crippen LogP contribution in [0, 0.1) is 4.78 Å². The molecule has 5 nitrogen and oxygen atoms in total. The molecule has 106 valence electrons. The van der Waals surface area contributed by atoms with Crippen molar-refractivity contribution in [2.75, 3.05) is 23.7 Å². The van der Waals surface area contributed by atoms with Crippen molar-refractivity contribution in [3.63, 3.8) is 0 Å². The Hall–Kier alpha value is -1.30. The quantitative estimate of drug-likeness (QED) is 0.889. The molecular formula is C13H22N4OS. The van der Waals surface area contributed by atoms with E-state index in [4.69, 9.17) is 10.5 Å². The molecule has 0 aliphatic carbocycles. The van der Waals surface area contributed by atoms with E-state index in [0.717, 1.165) is 31.6 Å². The molecular weight excluding hydrogens is 260 g/mol. The summed E-state index contributed by atoms with van der Waals surface area (Å²) in [6, 6.07) is 3.76. The van der Waals surface area contributed by atoms with Crippen molar-refractivity contribution >= 4 is 21.2 Å². The second-order valence-corrected chi connectivity index (χ2v) is 8.23. The van der Waals surface area contributed by atoms with Crippen LogP contribution in [0.1, 0.15) is 26.7 Å². The second-order valence-electron chi connectivity index (χ2n) is 5.32. The molecule has 1 fully saturated rings. The lowest BCUT2D eigenvalue weighted by molar-refractivity contribution is 0.561. The maximum absolute atomic E-state index is 12.3. The third-order valence-corrected chi connectivity index (χ3v) is 6.64. The largest absolute Gasteiger partial charge is 0.384 e. The van der Waals surface area contributed by atoms with E-state index < -0.39 is 9.73 Å². The minimum atomic E-state index is -2.47. The number of hydrogen-bond acceptors (Lipinski definition) is 5. The van der Waals surface area contributed by atoms with Crippen molar-refractivity contribution < 1.29 is 4.21 Å². The summed E-state index contributed by atoms with van der Waals surface area (Å²) in [5.74, 6) is 0.521. The molecule has 1 atom stereocenters. The van der Waals surface area contributed by atoms with Crippen LogP contribution in [0.3, 0.4) is 0 Å². The molecule has 1 aliphatic heterocycles. The van der Waals surface area contributed by atoms with Gasteiger partial charge in [-0.3, -0.25) is 4.78 Å². The summed E-state index contributed by atoms with van der Waals surface area (Å²) in [6.07, 6.45) is 3.39. The zero-order chi connectivity index (χ0) is 14.0. The van der Waals surface area contributed by atoms with Crippen molar-refractivity contribution in [1.29, 1.82) is 4.78 Å². The topological polar surface area (TPSA) is 83.1 Å². The van der Waals surface area contributed by atoms with Gasteiger partial charge in [-0.25, -0.2) is 9.19 Å². The number of rotatable bonds is 3. The van der Waals surface area contributed by atoms with E-state index in [1.807, 2.05) is 19.9 Å². The van der Waals surface area contributed by atoms with Crippen molar-refractivity contribution in [2.45, 2.75) is 37.2 Å². The average Bonchev–Trinajstić information content (AvgIpc) is 2.39. The fourth-order valence-electron chi connectivity index (χ4n) is 2.43. The van der Waals surface area contributed by atoms with Gasteiger partial charge >= 0.3 is 0 Å². The van der Waals surface area contributed by atoms with Crippen LogP contribution in [-0.2, 0) is 9.73 Å². The molecule has 19 heavy (non-hydrogen) atoms. The summed E-state index contributed by atoms with van der Waals surface area (Å²) in [5, 5.41) is -0.0484. The maximum atomic E-state index is 12.3. The van der Waals surface area contributed by atoms with Crippen LogP contribution in [0.25, 0.3) is 0 Å². The molecule has 0 aromatic carbocycles. The van der Waals surface area contributed by atoms with Crippen molar-refractivity contribution in [3.8, 4) is 0 Å². The first-order chi connectivity index (χ1) is 8.91. The first kappa shape index (κ1) is 14.1. The Morgan fingerprint density at radius 3 is 2.53 bits per heavy atom. The number of piperidine rings is 1. The van der Waals surface area contributed by atoms with E-state index >= 15 is 0 Å². The molecule has 0 saturated carbocycles. The van der Waals surface area contributed by atoms with Crippen LogP contribution in [0.4, 0.5) is 11.5 Å². The van der Waals surface area contributed by atoms with Gasteiger partial charge in [-0.05, 0) is 25.0 Å². The van der Waals surface area contributed by atoms with E-state index in [2.05, 4.69) is 9.88 Å². The van der Waals surface area contributed by atoms with Gasteiger partial charge in [0.25, 0.3) is 0 Å². The number of nitrogens with zero attached hydrogens (tertiary/aromatic N) is 2. The van der Waals surface area contributed by atoms with Gasteiger partial charge in [0.1, 0.15) is 5.82 Å². The fourth-order valence-corrected chi connectivity index (χ4v) is 4.11. The molecule has 2 heterocycles. The van der Waals surface area contributed by atoms with Crippen LogP contribution >= 0.6 is 0 Å². The maximum Gasteiger partial charge on any atom is 0.123 e. The van der Waals surface area contributed by atoms with E-state index in [1.165, 1.54) is 0 Å². The summed E-state index contributed by atoms with van der Waals surface area (Å²) in [7, 11) is -2.47. The molecule has 1 aromatic rings. The normalized spacial score (nSPS) is 20.5. The molecule has 0 spiro atoms. The number of nitrogens with one attached hydrogen (secondary N) is 1. The summed E-state index contributed by atoms with van der Waals surface area (Å²) in [5.41, 5.74) is 6.63. The van der Waals surface area contributed by atoms with Gasteiger partial charge in [0, 0.05) is 33.3 Å². The van der Waals surface area contributed by atoms with Crippen LogP contribution in [-0.4, -0.2) is 32.8 Å². The highest BCUT2D eigenvalue weighted by Gasteiger charge is 2.29. The number of hydrogen-bond donors (Lipinski definition) is 2. The summed E-state index contributed by atoms with van der Waals surface area (Å²) in [6.45, 7) is 5.43. The molecule has 1 saturated heterocycles. The Balaban J connectivity index is 2.02. The zero-order valence-electron chi connectivity index (χ0n) is 11.5. The Kier molecular flexibility index (Phi) is 3.99. The minimum Gasteiger partial charge on any atom is -0.384 e. The predicted octanol–water partition coefficient (Wildman–Crippen LogP) is 2.09. The Morgan fingerprint density at radius 1 is 1.42 bits per heavy atom. The Bertz CT molecular complexity index is 516. The van der Waals surface area contributed by atoms with Crippen LogP contribution in [0.5, 0.6) is 0 Å². The van der Waals surface area contributed by atoms with Crippen molar-refractivity contribution in [2.24, 2.45) is 0 Å². The van der Waals surface area contributed by atoms with Gasteiger partial charge in [-0.1, -0.05) is 13.8 Å². The summed E-state index contributed by atoms with van der Waals surface area (Å²) < 4.78 is 20.4. The molecule has 6 heteroatoms. The second kappa shape index (κ2) is 5.36. The third kappa shape index (κ3) is 3.00. The van der Waals surface area contributed by atoms with Crippen molar-refractivity contribution in [3.05, 3.63) is 18.3 Å². The van der Waals surface area contributed by atoms with E-state index in [-0.39, 0.29) is 10.5 Å². The lowest BCUT2D eigenvalue weighted by Crippen LogP contribution is -2.41. The van der Waals surface area contributed by atoms with E-state index in [9.17, 15) is 4.21 Å². The average molecular weight is 282 g/mol. The molecule has 2 rings (SSSR count). The highest BCUT2D eigenvalue weighted by atomic mass is 32.2. The number of pyridine rings is 1. The van der Waals surface area contributed by atoms with Gasteiger partial charge in [0.15, 0.2) is 0 Å². The smallest absolute Gasteiger partial charge is 0.123 e. The SMILES string of the molecule is CC(C)S(=N)(=O)C1CCN(c2ccc(N)nc2)CC1. The van der Waals surface area contributed by atoms with Gasteiger partial charge in [0.2, 0.25) is 0 Å². The van der Waals surface area contributed by atoms with E-state index in [1.54, 1.807) is 12.3 Å². The van der Waals surface area contributed by atoms with Gasteiger partial charge in [-0.2, -0.15) is 0 Å². The molecule has 0 amide bonds. The molecule has 0 radical (unpaired) electrons. The highest BCUT2D eigenvalue weighted by Crippen LogP contribution is 2.25. The van der Waals surface area contributed by atoms with Crippen LogP contribution in [0.15, 0.2) is 18.3 Å². The monoisotopic (exact) mass is 282 g/mol. The fraction of sp³-hybridized carbons (Fsp3) is 0.615. The minimum absolute atomic E-state index is 0.0190. The van der Waals surface area contributed by atoms with Crippen LogP contribution < -0.4 is 10.6 Å². The highest BCUT2D eigenvalue weighted by molar-refractivity contribution is 7.93. The molecule has 1 aliphatic rings. The third-order valence-electron chi connectivity index (χ3n) is 3.77. The lowest BCUT2D eigenvalue weighted by atomic mass is 10.1. The number of nitrogens with two attached hydrogens (primary N) is 1. The lowest BCUT2D eigenvalue weighted by Gasteiger charge is -2.35. The Morgan fingerprint density at radius 2 is 2.05 bits per heavy atom. The van der Waals surface area contributed by atoms with E-state index in [0.29, 0.717) is 5.82 Å². The summed E-state index contributed by atoms with van der Waals surface area (Å²) in [4.78, 5) is 6.31. The zero-order valence-corrected chi connectivity index (χ0v) is 12.3. The first-order valence-corrected chi connectivity index (χ1v) is 8.32. The molecule has 0 bridgehead atoms. The van der Waals surface area contributed by atoms with Crippen LogP contribution in [0.2, 0.25) is 0 Å². The van der Waals surface area contributed by atoms with Gasteiger partial charge < -0.3 is 10.6 Å². The molecule has 1 aromatic heterocycles. The predicted molar refractivity (Wildman–Crippen MR) is 79.9 cm³/mol. The first-order valence-electron chi connectivity index (χ1n) is 6.64.